The lowest BCUT2D eigenvalue weighted by molar-refractivity contribution is -0.136. The first-order valence-electron chi connectivity index (χ1n) is 24.0. The maximum atomic E-state index is 13.8. The van der Waals surface area contributed by atoms with E-state index in [0.717, 1.165) is 88.0 Å². The molecule has 2 fully saturated rings. The van der Waals surface area contributed by atoms with E-state index in [0.29, 0.717) is 13.1 Å². The SMILES string of the molecule is COC(=O)NC(C(=O)N1CCCC1c1ncc(-c2ccc(-c3ccc(-c4ccc(-c5cnc(C6CCCN6C(=O)C(NC(=O)OC)C(C)C)[nH]5)cc4)n3-c3ccccc3C(C)(C)C)cc2)[nH]1)C(C)C. The molecule has 4 atom stereocenters. The maximum Gasteiger partial charge on any atom is 0.407 e. The third-order valence-corrected chi connectivity index (χ3v) is 13.5. The highest BCUT2D eigenvalue weighted by molar-refractivity contribution is 5.87. The van der Waals surface area contributed by atoms with E-state index in [4.69, 9.17) is 19.4 Å². The number of rotatable bonds is 13. The number of aromatic amines is 2. The molecular formula is C54H65N9O6. The van der Waals surface area contributed by atoms with Crippen LogP contribution >= 0.6 is 0 Å². The number of H-pyrrole nitrogens is 2. The first-order chi connectivity index (χ1) is 33.1. The third kappa shape index (κ3) is 10.0. The summed E-state index contributed by atoms with van der Waals surface area (Å²) in [6.45, 7) is 15.5. The molecule has 362 valence electrons. The van der Waals surface area contributed by atoms with E-state index in [9.17, 15) is 19.2 Å². The van der Waals surface area contributed by atoms with Crippen LogP contribution in [0.4, 0.5) is 9.59 Å². The van der Waals surface area contributed by atoms with Gasteiger partial charge in [0.25, 0.3) is 0 Å². The van der Waals surface area contributed by atoms with E-state index in [2.05, 4.69) is 131 Å². The lowest BCUT2D eigenvalue weighted by Gasteiger charge is -2.30. The number of alkyl carbamates (subject to hydrolysis) is 2. The van der Waals surface area contributed by atoms with Gasteiger partial charge in [0, 0.05) is 18.8 Å². The molecule has 5 heterocycles. The van der Waals surface area contributed by atoms with Crippen LogP contribution in [0.3, 0.4) is 0 Å². The van der Waals surface area contributed by atoms with Gasteiger partial charge >= 0.3 is 12.2 Å². The van der Waals surface area contributed by atoms with E-state index < -0.39 is 24.3 Å². The molecule has 0 saturated carbocycles. The normalized spacial score (nSPS) is 17.0. The molecule has 2 aliphatic heterocycles. The molecule has 0 spiro atoms. The number of methoxy groups -OCH3 is 2. The number of hydrogen-bond acceptors (Lipinski definition) is 8. The molecule has 3 aromatic heterocycles. The highest BCUT2D eigenvalue weighted by Crippen LogP contribution is 2.39. The van der Waals surface area contributed by atoms with Crippen molar-refractivity contribution < 1.29 is 28.7 Å². The summed E-state index contributed by atoms with van der Waals surface area (Å²) >= 11 is 0. The fourth-order valence-corrected chi connectivity index (χ4v) is 9.78. The van der Waals surface area contributed by atoms with Gasteiger partial charge in [-0.3, -0.25) is 9.59 Å². The van der Waals surface area contributed by atoms with E-state index in [1.165, 1.54) is 19.8 Å². The number of benzene rings is 3. The van der Waals surface area contributed by atoms with Gasteiger partial charge in [0.05, 0.1) is 61.5 Å². The number of amides is 4. The number of imidazole rings is 2. The molecule has 2 aliphatic rings. The number of hydrogen-bond donors (Lipinski definition) is 4. The van der Waals surface area contributed by atoms with Gasteiger partial charge in [0.2, 0.25) is 11.8 Å². The molecule has 15 heteroatoms. The monoisotopic (exact) mass is 936 g/mol. The second-order valence-electron chi connectivity index (χ2n) is 19.8. The second kappa shape index (κ2) is 20.2. The van der Waals surface area contributed by atoms with Crippen molar-refractivity contribution in [1.29, 1.82) is 0 Å². The van der Waals surface area contributed by atoms with Crippen molar-refractivity contribution >= 4 is 24.0 Å². The molecule has 6 aromatic rings. The van der Waals surface area contributed by atoms with Crippen LogP contribution in [0.25, 0.3) is 50.7 Å². The van der Waals surface area contributed by atoms with Crippen molar-refractivity contribution in [3.05, 3.63) is 115 Å². The Hall–Kier alpha value is -7.16. The first kappa shape index (κ1) is 48.3. The molecule has 3 aromatic carbocycles. The minimum Gasteiger partial charge on any atom is -0.453 e. The second-order valence-corrected chi connectivity index (χ2v) is 19.8. The van der Waals surface area contributed by atoms with Crippen LogP contribution in [-0.4, -0.2) is 97.7 Å². The van der Waals surface area contributed by atoms with Gasteiger partial charge in [0.15, 0.2) is 0 Å². The third-order valence-electron chi connectivity index (χ3n) is 13.5. The molecule has 0 radical (unpaired) electrons. The largest absolute Gasteiger partial charge is 0.453 e. The standard InChI is InChI=1S/C54H65N9O6/c1-32(2)46(59-52(66)68-8)50(64)61-28-12-16-44(61)48-55-30-39(57-48)34-18-22-36(23-19-34)41-26-27-42(63(41)43-15-11-10-14-38(43)54(5,6)7)37-24-20-35(21-25-37)40-31-56-49(58-40)45-17-13-29-62(45)51(65)47(33(3)4)60-53(67)69-9/h10-11,14-15,18-27,30-33,44-47H,12-13,16-17,28-29H2,1-9H3,(H,55,57)(H,56,58)(H,59,66)(H,60,67). The highest BCUT2D eigenvalue weighted by Gasteiger charge is 2.39. The van der Waals surface area contributed by atoms with Gasteiger partial charge < -0.3 is 44.4 Å². The Labute approximate surface area is 404 Å². The Morgan fingerprint density at radius 3 is 1.41 bits per heavy atom. The van der Waals surface area contributed by atoms with Crippen molar-refractivity contribution in [2.45, 2.75) is 104 Å². The Balaban J connectivity index is 1.06. The van der Waals surface area contributed by atoms with E-state index in [1.54, 1.807) is 0 Å². The summed E-state index contributed by atoms with van der Waals surface area (Å²) < 4.78 is 12.0. The van der Waals surface area contributed by atoms with Crippen molar-refractivity contribution in [3.8, 4) is 50.7 Å². The molecule has 0 bridgehead atoms. The van der Waals surface area contributed by atoms with Gasteiger partial charge in [-0.1, -0.05) is 115 Å². The summed E-state index contributed by atoms with van der Waals surface area (Å²) in [5.41, 5.74) is 9.97. The summed E-state index contributed by atoms with van der Waals surface area (Å²) in [5.74, 6) is 0.906. The first-order valence-corrected chi connectivity index (χ1v) is 24.0. The molecule has 4 amide bonds. The predicted octanol–water partition coefficient (Wildman–Crippen LogP) is 9.98. The van der Waals surface area contributed by atoms with Crippen molar-refractivity contribution in [3.63, 3.8) is 0 Å². The van der Waals surface area contributed by atoms with Gasteiger partial charge in [0.1, 0.15) is 23.7 Å². The van der Waals surface area contributed by atoms with Crippen molar-refractivity contribution in [1.82, 2.24) is 44.9 Å². The Morgan fingerprint density at radius 2 is 1.01 bits per heavy atom. The number of nitrogens with one attached hydrogen (secondary N) is 4. The number of nitrogens with zero attached hydrogens (tertiary/aromatic N) is 5. The quantitative estimate of drug-likeness (QED) is 0.0884. The lowest BCUT2D eigenvalue weighted by Crippen LogP contribution is -2.51. The maximum absolute atomic E-state index is 13.8. The van der Waals surface area contributed by atoms with Crippen LogP contribution in [0, 0.1) is 11.8 Å². The number of aromatic nitrogens is 5. The Morgan fingerprint density at radius 1 is 0.609 bits per heavy atom. The van der Waals surface area contributed by atoms with E-state index in [-0.39, 0.29) is 41.1 Å². The summed E-state index contributed by atoms with van der Waals surface area (Å²) in [6.07, 6.45) is 5.60. The summed E-state index contributed by atoms with van der Waals surface area (Å²) in [6, 6.07) is 28.0. The summed E-state index contributed by atoms with van der Waals surface area (Å²) in [4.78, 5) is 71.9. The van der Waals surface area contributed by atoms with Crippen molar-refractivity contribution in [2.75, 3.05) is 27.3 Å². The average Bonchev–Trinajstić information content (AvgIpc) is 4.21. The number of ether oxygens (including phenoxy) is 2. The van der Waals surface area contributed by atoms with Crippen LogP contribution in [0.1, 0.15) is 103 Å². The fraction of sp³-hybridized carbons (Fsp3) is 0.407. The predicted molar refractivity (Wildman–Crippen MR) is 266 cm³/mol. The molecule has 2 saturated heterocycles. The zero-order chi connectivity index (χ0) is 49.1. The Bertz CT molecular complexity index is 2620. The smallest absolute Gasteiger partial charge is 0.407 e. The lowest BCUT2D eigenvalue weighted by atomic mass is 9.85. The van der Waals surface area contributed by atoms with Gasteiger partial charge in [-0.05, 0) is 89.0 Å². The minimum atomic E-state index is -0.705. The minimum absolute atomic E-state index is 0.121. The molecule has 69 heavy (non-hydrogen) atoms. The fourth-order valence-electron chi connectivity index (χ4n) is 9.78. The van der Waals surface area contributed by atoms with Crippen LogP contribution in [-0.2, 0) is 24.5 Å². The van der Waals surface area contributed by atoms with Gasteiger partial charge in [-0.25, -0.2) is 19.6 Å². The van der Waals surface area contributed by atoms with Gasteiger partial charge in [-0.15, -0.1) is 0 Å². The molecule has 15 nitrogen and oxygen atoms in total. The molecule has 4 unspecified atom stereocenters. The van der Waals surface area contributed by atoms with Crippen LogP contribution in [0.5, 0.6) is 0 Å². The summed E-state index contributed by atoms with van der Waals surface area (Å²) in [5, 5.41) is 5.44. The van der Waals surface area contributed by atoms with E-state index in [1.807, 2.05) is 49.9 Å². The van der Waals surface area contributed by atoms with Crippen LogP contribution in [0.2, 0.25) is 0 Å². The topological polar surface area (TPSA) is 180 Å². The zero-order valence-corrected chi connectivity index (χ0v) is 41.1. The number of likely N-dealkylation sites (tertiary alicyclic amines) is 2. The summed E-state index contributed by atoms with van der Waals surface area (Å²) in [7, 11) is 2.59. The average molecular weight is 936 g/mol. The van der Waals surface area contributed by atoms with Crippen molar-refractivity contribution in [2.24, 2.45) is 11.8 Å². The number of carbonyl (C=O) groups is 4. The molecule has 8 rings (SSSR count). The number of para-hydroxylation sites is 1. The molecule has 0 aliphatic carbocycles. The molecule has 4 N–H and O–H groups in total. The molecular weight excluding hydrogens is 871 g/mol. The van der Waals surface area contributed by atoms with Crippen LogP contribution in [0.15, 0.2) is 97.3 Å². The van der Waals surface area contributed by atoms with E-state index >= 15 is 0 Å². The van der Waals surface area contributed by atoms with Gasteiger partial charge in [-0.2, -0.15) is 0 Å². The highest BCUT2D eigenvalue weighted by atomic mass is 16.5. The Kier molecular flexibility index (Phi) is 14.1. The number of carbonyl (C=O) groups excluding carboxylic acids is 4. The van der Waals surface area contributed by atoms with Crippen LogP contribution < -0.4 is 10.6 Å². The zero-order valence-electron chi connectivity index (χ0n) is 41.1.